The molecule has 0 saturated carbocycles. The second-order valence-corrected chi connectivity index (χ2v) is 7.16. The molecule has 5 nitrogen and oxygen atoms in total. The summed E-state index contributed by atoms with van der Waals surface area (Å²) in [5, 5.41) is 2.93. The minimum absolute atomic E-state index is 0.244. The van der Waals surface area contributed by atoms with Gasteiger partial charge in [-0.2, -0.15) is 0 Å². The molecule has 3 aromatic rings. The number of rotatable bonds is 10. The Balaban J connectivity index is 1.61. The van der Waals surface area contributed by atoms with Crippen molar-refractivity contribution in [2.45, 2.75) is 13.8 Å². The van der Waals surface area contributed by atoms with Crippen LogP contribution in [0.2, 0.25) is 0 Å². The van der Waals surface area contributed by atoms with Gasteiger partial charge in [-0.25, -0.2) is 0 Å². The molecule has 0 aromatic heterocycles. The number of carbonyl (C=O) groups is 1. The van der Waals surface area contributed by atoms with Crippen LogP contribution in [-0.4, -0.2) is 25.7 Å². The Hall–Kier alpha value is -3.47. The summed E-state index contributed by atoms with van der Waals surface area (Å²) in [4.78, 5) is 12.9. The zero-order valence-corrected chi connectivity index (χ0v) is 17.3. The van der Waals surface area contributed by atoms with Gasteiger partial charge in [0.15, 0.2) is 0 Å². The molecular weight excluding hydrogens is 378 g/mol. The van der Waals surface area contributed by atoms with E-state index < -0.39 is 0 Å². The smallest absolute Gasteiger partial charge is 0.259 e. The van der Waals surface area contributed by atoms with E-state index in [2.05, 4.69) is 19.2 Å². The van der Waals surface area contributed by atoms with Gasteiger partial charge in [0.05, 0.1) is 17.9 Å². The molecule has 0 spiro atoms. The predicted molar refractivity (Wildman–Crippen MR) is 119 cm³/mol. The number of amides is 1. The van der Waals surface area contributed by atoms with E-state index in [1.807, 2.05) is 66.7 Å². The average molecular weight is 405 g/mol. The third-order valence-corrected chi connectivity index (χ3v) is 4.19. The zero-order chi connectivity index (χ0) is 21.2. The van der Waals surface area contributed by atoms with E-state index >= 15 is 0 Å². The molecule has 0 fully saturated rings. The number of carbonyl (C=O) groups excluding carboxylic acids is 1. The van der Waals surface area contributed by atoms with Crippen LogP contribution in [0.3, 0.4) is 0 Å². The largest absolute Gasteiger partial charge is 0.492 e. The summed E-state index contributed by atoms with van der Waals surface area (Å²) < 4.78 is 17.3. The molecule has 0 aliphatic heterocycles. The standard InChI is InChI=1S/C25H27NO4/c1-19(2)18-30-23-14-8-6-12-21(23)25(27)26-22-13-7-9-15-24(22)29-17-16-28-20-10-4-3-5-11-20/h3-15,19H,16-18H2,1-2H3,(H,26,27). The highest BCUT2D eigenvalue weighted by Crippen LogP contribution is 2.26. The Morgan fingerprint density at radius 3 is 2.17 bits per heavy atom. The summed E-state index contributed by atoms with van der Waals surface area (Å²) in [5.41, 5.74) is 1.08. The number of hydrogen-bond donors (Lipinski definition) is 1. The molecule has 1 amide bonds. The molecule has 0 aliphatic rings. The SMILES string of the molecule is CC(C)COc1ccccc1C(=O)Nc1ccccc1OCCOc1ccccc1. The van der Waals surface area contributed by atoms with Crippen LogP contribution in [0.1, 0.15) is 24.2 Å². The van der Waals surface area contributed by atoms with Gasteiger partial charge in [0.25, 0.3) is 5.91 Å². The molecule has 1 N–H and O–H groups in total. The van der Waals surface area contributed by atoms with Crippen molar-refractivity contribution in [1.29, 1.82) is 0 Å². The molecule has 0 saturated heterocycles. The number of ether oxygens (including phenoxy) is 3. The van der Waals surface area contributed by atoms with E-state index in [1.54, 1.807) is 12.1 Å². The first-order chi connectivity index (χ1) is 14.6. The van der Waals surface area contributed by atoms with Crippen molar-refractivity contribution in [3.05, 3.63) is 84.4 Å². The molecule has 0 aliphatic carbocycles. The van der Waals surface area contributed by atoms with Gasteiger partial charge in [0.1, 0.15) is 30.5 Å². The molecule has 0 unspecified atom stereocenters. The normalized spacial score (nSPS) is 10.5. The monoisotopic (exact) mass is 405 g/mol. The summed E-state index contributed by atoms with van der Waals surface area (Å²) in [6, 6.07) is 24.1. The lowest BCUT2D eigenvalue weighted by molar-refractivity contribution is 0.102. The van der Waals surface area contributed by atoms with Crippen LogP contribution in [0.15, 0.2) is 78.9 Å². The lowest BCUT2D eigenvalue weighted by Gasteiger charge is -2.15. The third kappa shape index (κ3) is 6.27. The van der Waals surface area contributed by atoms with Crippen LogP contribution in [-0.2, 0) is 0 Å². The van der Waals surface area contributed by atoms with E-state index in [0.29, 0.717) is 48.5 Å². The fraction of sp³-hybridized carbons (Fsp3) is 0.240. The fourth-order valence-electron chi connectivity index (χ4n) is 2.75. The van der Waals surface area contributed by atoms with Gasteiger partial charge in [0.2, 0.25) is 0 Å². The Labute approximate surface area is 177 Å². The van der Waals surface area contributed by atoms with Gasteiger partial charge in [-0.1, -0.05) is 56.3 Å². The third-order valence-electron chi connectivity index (χ3n) is 4.19. The van der Waals surface area contributed by atoms with E-state index in [4.69, 9.17) is 14.2 Å². The van der Waals surface area contributed by atoms with E-state index in [9.17, 15) is 4.79 Å². The van der Waals surface area contributed by atoms with E-state index in [1.165, 1.54) is 0 Å². The molecule has 3 rings (SSSR count). The van der Waals surface area contributed by atoms with Gasteiger partial charge < -0.3 is 19.5 Å². The van der Waals surface area contributed by atoms with Gasteiger partial charge in [-0.05, 0) is 42.3 Å². The van der Waals surface area contributed by atoms with Crippen LogP contribution in [0, 0.1) is 5.92 Å². The lowest BCUT2D eigenvalue weighted by atomic mass is 10.1. The van der Waals surface area contributed by atoms with Crippen molar-refractivity contribution in [2.24, 2.45) is 5.92 Å². The van der Waals surface area contributed by atoms with Crippen molar-refractivity contribution in [2.75, 3.05) is 25.1 Å². The predicted octanol–water partition coefficient (Wildman–Crippen LogP) is 5.43. The number of para-hydroxylation sites is 4. The maximum absolute atomic E-state index is 12.9. The van der Waals surface area contributed by atoms with E-state index in [0.717, 1.165) is 5.75 Å². The van der Waals surface area contributed by atoms with Crippen molar-refractivity contribution < 1.29 is 19.0 Å². The summed E-state index contributed by atoms with van der Waals surface area (Å²) >= 11 is 0. The Morgan fingerprint density at radius 1 is 0.767 bits per heavy atom. The molecule has 3 aromatic carbocycles. The molecule has 0 atom stereocenters. The van der Waals surface area contributed by atoms with Gasteiger partial charge >= 0.3 is 0 Å². The van der Waals surface area contributed by atoms with Gasteiger partial charge in [-0.3, -0.25) is 4.79 Å². The van der Waals surface area contributed by atoms with Crippen molar-refractivity contribution in [3.63, 3.8) is 0 Å². The summed E-state index contributed by atoms with van der Waals surface area (Å²) in [7, 11) is 0. The topological polar surface area (TPSA) is 56.8 Å². The van der Waals surface area contributed by atoms with E-state index in [-0.39, 0.29) is 5.91 Å². The highest BCUT2D eigenvalue weighted by atomic mass is 16.5. The van der Waals surface area contributed by atoms with Crippen LogP contribution >= 0.6 is 0 Å². The summed E-state index contributed by atoms with van der Waals surface area (Å²) in [6.07, 6.45) is 0. The number of anilines is 1. The second kappa shape index (κ2) is 10.9. The van der Waals surface area contributed by atoms with Crippen molar-refractivity contribution >= 4 is 11.6 Å². The molecule has 0 radical (unpaired) electrons. The number of benzene rings is 3. The number of hydrogen-bond acceptors (Lipinski definition) is 4. The maximum atomic E-state index is 12.9. The highest BCUT2D eigenvalue weighted by Gasteiger charge is 2.15. The highest BCUT2D eigenvalue weighted by molar-refractivity contribution is 6.06. The minimum atomic E-state index is -0.244. The van der Waals surface area contributed by atoms with Crippen molar-refractivity contribution in [1.82, 2.24) is 0 Å². The lowest BCUT2D eigenvalue weighted by Crippen LogP contribution is -2.16. The first-order valence-electron chi connectivity index (χ1n) is 10.1. The fourth-order valence-corrected chi connectivity index (χ4v) is 2.75. The number of nitrogens with one attached hydrogen (secondary N) is 1. The molecule has 5 heteroatoms. The first-order valence-corrected chi connectivity index (χ1v) is 10.1. The zero-order valence-electron chi connectivity index (χ0n) is 17.3. The maximum Gasteiger partial charge on any atom is 0.259 e. The minimum Gasteiger partial charge on any atom is -0.492 e. The van der Waals surface area contributed by atoms with Crippen molar-refractivity contribution in [3.8, 4) is 17.2 Å². The molecule has 30 heavy (non-hydrogen) atoms. The Bertz CT molecular complexity index is 941. The molecular formula is C25H27NO4. The summed E-state index contributed by atoms with van der Waals surface area (Å²) in [6.45, 7) is 5.44. The van der Waals surface area contributed by atoms with Gasteiger partial charge in [-0.15, -0.1) is 0 Å². The molecule has 156 valence electrons. The van der Waals surface area contributed by atoms with Crippen LogP contribution in [0.4, 0.5) is 5.69 Å². The van der Waals surface area contributed by atoms with Gasteiger partial charge in [0, 0.05) is 0 Å². The van der Waals surface area contributed by atoms with Crippen LogP contribution in [0.25, 0.3) is 0 Å². The second-order valence-electron chi connectivity index (χ2n) is 7.16. The molecule has 0 bridgehead atoms. The van der Waals surface area contributed by atoms with Crippen LogP contribution in [0.5, 0.6) is 17.2 Å². The quantitative estimate of drug-likeness (QED) is 0.457. The molecule has 0 heterocycles. The Morgan fingerprint density at radius 2 is 1.40 bits per heavy atom. The average Bonchev–Trinajstić information content (AvgIpc) is 2.77. The summed E-state index contributed by atoms with van der Waals surface area (Å²) in [5.74, 6) is 2.07. The first kappa shape index (κ1) is 21.2. The Kier molecular flexibility index (Phi) is 7.72. The van der Waals surface area contributed by atoms with Crippen LogP contribution < -0.4 is 19.5 Å².